The van der Waals surface area contributed by atoms with E-state index in [2.05, 4.69) is 80.1 Å². The molecule has 188 valence electrons. The summed E-state index contributed by atoms with van der Waals surface area (Å²) in [7, 11) is 0. The van der Waals surface area contributed by atoms with Gasteiger partial charge in [0.15, 0.2) is 11.6 Å². The largest absolute Gasteiger partial charge is 0.489 e. The number of carbonyl (C=O) groups is 2. The lowest BCUT2D eigenvalue weighted by atomic mass is 9.64. The van der Waals surface area contributed by atoms with E-state index < -0.39 is 5.92 Å². The zero-order valence-electron chi connectivity index (χ0n) is 21.8. The van der Waals surface area contributed by atoms with E-state index in [4.69, 9.17) is 4.74 Å². The van der Waals surface area contributed by atoms with Crippen LogP contribution in [0.15, 0.2) is 69.5 Å². The minimum absolute atomic E-state index is 0.118. The minimum atomic E-state index is -0.422. The normalized spacial score (nSPS) is 21.2. The van der Waals surface area contributed by atoms with Crippen LogP contribution in [0.25, 0.3) is 0 Å². The second kappa shape index (κ2) is 9.02. The molecule has 0 saturated carbocycles. The predicted octanol–water partition coefficient (Wildman–Crippen LogP) is 7.31. The van der Waals surface area contributed by atoms with Crippen LogP contribution in [-0.2, 0) is 16.2 Å². The van der Waals surface area contributed by atoms with Crippen LogP contribution in [0.5, 0.6) is 5.75 Å². The van der Waals surface area contributed by atoms with Crippen LogP contribution < -0.4 is 10.1 Å². The summed E-state index contributed by atoms with van der Waals surface area (Å²) in [6.45, 7) is 11.0. The van der Waals surface area contributed by atoms with Gasteiger partial charge in [0, 0.05) is 51.3 Å². The molecular formula is C31H34BrNO3. The zero-order valence-corrected chi connectivity index (χ0v) is 23.3. The molecule has 4 nitrogen and oxygen atoms in total. The van der Waals surface area contributed by atoms with Crippen molar-refractivity contribution in [2.45, 2.75) is 72.8 Å². The molecule has 0 unspecified atom stereocenters. The summed E-state index contributed by atoms with van der Waals surface area (Å²) in [5.41, 5.74) is 6.31. The molecule has 1 aliphatic heterocycles. The summed E-state index contributed by atoms with van der Waals surface area (Å²) in [5, 5.41) is 3.59. The first-order valence-corrected chi connectivity index (χ1v) is 13.5. The molecule has 1 heterocycles. The van der Waals surface area contributed by atoms with Gasteiger partial charge in [-0.25, -0.2) is 0 Å². The number of carbonyl (C=O) groups excluding carboxylic acids is 2. The van der Waals surface area contributed by atoms with E-state index in [0.717, 1.165) is 51.0 Å². The average molecular weight is 549 g/mol. The van der Waals surface area contributed by atoms with E-state index in [1.807, 2.05) is 18.2 Å². The molecule has 0 spiro atoms. The van der Waals surface area contributed by atoms with E-state index in [1.165, 1.54) is 5.56 Å². The minimum Gasteiger partial charge on any atom is -0.489 e. The van der Waals surface area contributed by atoms with Gasteiger partial charge < -0.3 is 10.1 Å². The van der Waals surface area contributed by atoms with Crippen molar-refractivity contribution in [2.24, 2.45) is 10.8 Å². The van der Waals surface area contributed by atoms with Crippen molar-refractivity contribution in [1.29, 1.82) is 0 Å². The highest BCUT2D eigenvalue weighted by Crippen LogP contribution is 2.52. The number of ketones is 2. The molecule has 0 amide bonds. The highest BCUT2D eigenvalue weighted by molar-refractivity contribution is 9.10. The topological polar surface area (TPSA) is 55.4 Å². The van der Waals surface area contributed by atoms with Crippen LogP contribution in [0.3, 0.4) is 0 Å². The standard InChI is InChI=1S/C31H34BrNO3/c1-18-6-8-19(9-7-18)17-36-26-11-10-20(32)12-21(26)27-28-22(13-30(2,3)15-24(28)34)33-23-14-31(4,5)16-25(35)29(23)27/h6-12,27,33H,13-17H2,1-5H3. The molecule has 3 aliphatic rings. The zero-order chi connectivity index (χ0) is 25.8. The highest BCUT2D eigenvalue weighted by atomic mass is 79.9. The first-order chi connectivity index (χ1) is 16.9. The molecule has 0 radical (unpaired) electrons. The SMILES string of the molecule is Cc1ccc(COc2ccc(Br)cc2C2C3=C(CC(C)(C)CC3=O)NC3=C2C(=O)CC(C)(C)C3)cc1. The van der Waals surface area contributed by atoms with Gasteiger partial charge in [-0.05, 0) is 54.4 Å². The molecule has 0 bridgehead atoms. The molecule has 0 aromatic heterocycles. The number of hydrogen-bond acceptors (Lipinski definition) is 4. The third-order valence-electron chi connectivity index (χ3n) is 7.52. The Balaban J connectivity index is 1.63. The van der Waals surface area contributed by atoms with Crippen molar-refractivity contribution in [2.75, 3.05) is 0 Å². The van der Waals surface area contributed by atoms with Crippen molar-refractivity contribution in [1.82, 2.24) is 5.32 Å². The van der Waals surface area contributed by atoms with Gasteiger partial charge >= 0.3 is 0 Å². The first kappa shape index (κ1) is 25.0. The monoisotopic (exact) mass is 547 g/mol. The number of ether oxygens (including phenoxy) is 1. The van der Waals surface area contributed by atoms with E-state index in [9.17, 15) is 9.59 Å². The van der Waals surface area contributed by atoms with Crippen molar-refractivity contribution in [3.05, 3.63) is 86.2 Å². The molecule has 0 atom stereocenters. The molecule has 0 fully saturated rings. The van der Waals surface area contributed by atoms with Crippen molar-refractivity contribution in [3.8, 4) is 5.75 Å². The van der Waals surface area contributed by atoms with E-state index >= 15 is 0 Å². The van der Waals surface area contributed by atoms with Crippen LogP contribution >= 0.6 is 15.9 Å². The Morgan fingerprint density at radius 1 is 0.861 bits per heavy atom. The Morgan fingerprint density at radius 2 is 1.42 bits per heavy atom. The van der Waals surface area contributed by atoms with Gasteiger partial charge in [0.25, 0.3) is 0 Å². The number of dihydropyridines is 1. The van der Waals surface area contributed by atoms with Crippen molar-refractivity contribution < 1.29 is 14.3 Å². The number of aryl methyl sites for hydroxylation is 1. The maximum absolute atomic E-state index is 13.7. The number of allylic oxidation sites excluding steroid dienone is 4. The summed E-state index contributed by atoms with van der Waals surface area (Å²) < 4.78 is 7.27. The molecule has 5 rings (SSSR count). The lowest BCUT2D eigenvalue weighted by Gasteiger charge is -2.44. The summed E-state index contributed by atoms with van der Waals surface area (Å²) in [6.07, 6.45) is 2.51. The lowest BCUT2D eigenvalue weighted by molar-refractivity contribution is -0.119. The molecule has 5 heteroatoms. The second-order valence-corrected chi connectivity index (χ2v) is 13.1. The van der Waals surface area contributed by atoms with E-state index in [0.29, 0.717) is 25.2 Å². The fourth-order valence-electron chi connectivity index (χ4n) is 5.92. The molecule has 2 aromatic rings. The second-order valence-electron chi connectivity index (χ2n) is 12.2. The number of hydrogen-bond donors (Lipinski definition) is 1. The summed E-state index contributed by atoms with van der Waals surface area (Å²) in [4.78, 5) is 27.3. The van der Waals surface area contributed by atoms with Crippen LogP contribution in [0.2, 0.25) is 0 Å². The van der Waals surface area contributed by atoms with Crippen molar-refractivity contribution >= 4 is 27.5 Å². The smallest absolute Gasteiger partial charge is 0.162 e. The summed E-state index contributed by atoms with van der Waals surface area (Å²) >= 11 is 3.64. The van der Waals surface area contributed by atoms with Gasteiger partial charge in [-0.2, -0.15) is 0 Å². The molecular weight excluding hydrogens is 514 g/mol. The van der Waals surface area contributed by atoms with Gasteiger partial charge in [0.05, 0.1) is 0 Å². The van der Waals surface area contributed by atoms with Crippen molar-refractivity contribution in [3.63, 3.8) is 0 Å². The third kappa shape index (κ3) is 4.82. The lowest BCUT2D eigenvalue weighted by Crippen LogP contribution is -2.42. The molecule has 2 aliphatic carbocycles. The Bertz CT molecular complexity index is 1260. The maximum atomic E-state index is 13.7. The van der Waals surface area contributed by atoms with Crippen LogP contribution in [0, 0.1) is 17.8 Å². The fourth-order valence-corrected chi connectivity index (χ4v) is 6.30. The Kier molecular flexibility index (Phi) is 6.27. The number of halogens is 1. The van der Waals surface area contributed by atoms with Gasteiger partial charge in [0.1, 0.15) is 12.4 Å². The Morgan fingerprint density at radius 3 is 1.97 bits per heavy atom. The summed E-state index contributed by atoms with van der Waals surface area (Å²) in [5.74, 6) is 0.522. The number of rotatable bonds is 4. The molecule has 2 aromatic carbocycles. The predicted molar refractivity (Wildman–Crippen MR) is 146 cm³/mol. The number of Topliss-reactive ketones (excluding diaryl/α,β-unsaturated/α-hetero) is 2. The fraction of sp³-hybridized carbons (Fsp3) is 0.419. The van der Waals surface area contributed by atoms with Crippen LogP contribution in [0.4, 0.5) is 0 Å². The Hall–Kier alpha value is -2.66. The van der Waals surface area contributed by atoms with E-state index in [-0.39, 0.29) is 22.4 Å². The van der Waals surface area contributed by atoms with Gasteiger partial charge in [-0.15, -0.1) is 0 Å². The first-order valence-electron chi connectivity index (χ1n) is 12.7. The molecule has 1 N–H and O–H groups in total. The quantitative estimate of drug-likeness (QED) is 0.435. The van der Waals surface area contributed by atoms with Gasteiger partial charge in [-0.3, -0.25) is 9.59 Å². The number of nitrogens with one attached hydrogen (secondary N) is 1. The third-order valence-corrected chi connectivity index (χ3v) is 8.01. The molecule has 0 saturated heterocycles. The summed E-state index contributed by atoms with van der Waals surface area (Å²) in [6, 6.07) is 14.2. The van der Waals surface area contributed by atoms with Gasteiger partial charge in [-0.1, -0.05) is 73.5 Å². The highest BCUT2D eigenvalue weighted by Gasteiger charge is 2.47. The molecule has 36 heavy (non-hydrogen) atoms. The van der Waals surface area contributed by atoms with Crippen LogP contribution in [-0.4, -0.2) is 11.6 Å². The maximum Gasteiger partial charge on any atom is 0.162 e. The number of benzene rings is 2. The Labute approximate surface area is 222 Å². The van der Waals surface area contributed by atoms with E-state index in [1.54, 1.807) is 0 Å². The average Bonchev–Trinajstić information content (AvgIpc) is 2.76. The van der Waals surface area contributed by atoms with Gasteiger partial charge in [0.2, 0.25) is 0 Å². The van der Waals surface area contributed by atoms with Crippen LogP contribution in [0.1, 0.15) is 76.0 Å².